The van der Waals surface area contributed by atoms with E-state index in [1.165, 1.54) is 0 Å². The summed E-state index contributed by atoms with van der Waals surface area (Å²) in [6.45, 7) is 6.80. The van der Waals surface area contributed by atoms with Gasteiger partial charge in [-0.3, -0.25) is 9.59 Å². The first-order chi connectivity index (χ1) is 14.7. The molecule has 0 saturated heterocycles. The van der Waals surface area contributed by atoms with Crippen molar-refractivity contribution in [1.29, 1.82) is 0 Å². The van der Waals surface area contributed by atoms with E-state index in [9.17, 15) is 9.59 Å². The van der Waals surface area contributed by atoms with Gasteiger partial charge in [-0.1, -0.05) is 79.8 Å². The van der Waals surface area contributed by atoms with Crippen molar-refractivity contribution in [2.24, 2.45) is 5.92 Å². The average Bonchev–Trinajstić information content (AvgIpc) is 2.73. The minimum absolute atomic E-state index is 0.113. The lowest BCUT2D eigenvalue weighted by atomic mass is 10.1. The van der Waals surface area contributed by atoms with E-state index in [0.29, 0.717) is 40.4 Å². The molecular weight excluding hydrogens is 455 g/mol. The van der Waals surface area contributed by atoms with Gasteiger partial charge < -0.3 is 10.2 Å². The molecule has 2 rings (SSSR count). The van der Waals surface area contributed by atoms with Crippen molar-refractivity contribution < 1.29 is 9.59 Å². The third kappa shape index (κ3) is 7.71. The van der Waals surface area contributed by atoms with Crippen molar-refractivity contribution in [1.82, 2.24) is 10.2 Å². The number of carbonyl (C=O) groups is 2. The number of halogens is 3. The molecule has 0 saturated carbocycles. The normalized spacial score (nSPS) is 12.0. The smallest absolute Gasteiger partial charge is 0.242 e. The Bertz CT molecular complexity index is 902. The highest BCUT2D eigenvalue weighted by Gasteiger charge is 2.28. The fourth-order valence-electron chi connectivity index (χ4n) is 3.26. The van der Waals surface area contributed by atoms with Crippen LogP contribution in [0.15, 0.2) is 42.5 Å². The highest BCUT2D eigenvalue weighted by atomic mass is 35.5. The zero-order valence-corrected chi connectivity index (χ0v) is 20.4. The van der Waals surface area contributed by atoms with Gasteiger partial charge in [0.25, 0.3) is 0 Å². The van der Waals surface area contributed by atoms with E-state index >= 15 is 0 Å². The molecule has 0 aromatic heterocycles. The van der Waals surface area contributed by atoms with E-state index in [-0.39, 0.29) is 24.8 Å². The van der Waals surface area contributed by atoms with Crippen LogP contribution in [0.4, 0.5) is 0 Å². The van der Waals surface area contributed by atoms with Gasteiger partial charge in [0, 0.05) is 24.5 Å². The SMILES string of the molecule is CC[C@H](C(=O)NCC(C)C)N(Cc1ccc(Cl)c(Cl)c1)C(=O)CCc1ccccc1Cl. The van der Waals surface area contributed by atoms with Crippen LogP contribution in [-0.2, 0) is 22.6 Å². The van der Waals surface area contributed by atoms with E-state index in [2.05, 4.69) is 5.32 Å². The van der Waals surface area contributed by atoms with Gasteiger partial charge in [0.15, 0.2) is 0 Å². The van der Waals surface area contributed by atoms with Gasteiger partial charge in [0.1, 0.15) is 6.04 Å². The lowest BCUT2D eigenvalue weighted by Crippen LogP contribution is -2.49. The van der Waals surface area contributed by atoms with Crippen LogP contribution in [0.2, 0.25) is 15.1 Å². The molecule has 2 amide bonds. The maximum Gasteiger partial charge on any atom is 0.242 e. The highest BCUT2D eigenvalue weighted by Crippen LogP contribution is 2.25. The highest BCUT2D eigenvalue weighted by molar-refractivity contribution is 6.42. The molecule has 0 radical (unpaired) electrons. The molecule has 0 bridgehead atoms. The van der Waals surface area contributed by atoms with Gasteiger partial charge in [0.2, 0.25) is 11.8 Å². The van der Waals surface area contributed by atoms with E-state index in [1.54, 1.807) is 17.0 Å². The first-order valence-electron chi connectivity index (χ1n) is 10.5. The second-order valence-corrected chi connectivity index (χ2v) is 9.15. The van der Waals surface area contributed by atoms with Gasteiger partial charge in [-0.25, -0.2) is 0 Å². The second-order valence-electron chi connectivity index (χ2n) is 7.92. The number of hydrogen-bond acceptors (Lipinski definition) is 2. The number of benzene rings is 2. The summed E-state index contributed by atoms with van der Waals surface area (Å²) in [5, 5.41) is 4.45. The van der Waals surface area contributed by atoms with Crippen LogP contribution in [0.3, 0.4) is 0 Å². The van der Waals surface area contributed by atoms with E-state index in [1.807, 2.05) is 51.1 Å². The molecule has 0 heterocycles. The number of rotatable bonds is 10. The number of nitrogens with zero attached hydrogens (tertiary/aromatic N) is 1. The van der Waals surface area contributed by atoms with Gasteiger partial charge in [-0.15, -0.1) is 0 Å². The van der Waals surface area contributed by atoms with Gasteiger partial charge in [0.05, 0.1) is 10.0 Å². The number of aryl methyl sites for hydroxylation is 1. The van der Waals surface area contributed by atoms with Crippen molar-refractivity contribution in [2.45, 2.75) is 52.6 Å². The maximum atomic E-state index is 13.3. The number of nitrogens with one attached hydrogen (secondary N) is 1. The first kappa shape index (κ1) is 25.5. The van der Waals surface area contributed by atoms with Gasteiger partial charge in [-0.2, -0.15) is 0 Å². The summed E-state index contributed by atoms with van der Waals surface area (Å²) < 4.78 is 0. The van der Waals surface area contributed by atoms with Gasteiger partial charge in [-0.05, 0) is 48.1 Å². The summed E-state index contributed by atoms with van der Waals surface area (Å²) in [4.78, 5) is 27.8. The summed E-state index contributed by atoms with van der Waals surface area (Å²) in [6.07, 6.45) is 1.25. The number of amides is 2. The molecule has 2 aromatic carbocycles. The number of carbonyl (C=O) groups excluding carboxylic acids is 2. The van der Waals surface area contributed by atoms with Crippen LogP contribution < -0.4 is 5.32 Å². The Morgan fingerprint density at radius 2 is 1.71 bits per heavy atom. The Morgan fingerprint density at radius 1 is 1.00 bits per heavy atom. The van der Waals surface area contributed by atoms with Crippen molar-refractivity contribution in [2.75, 3.05) is 6.54 Å². The first-order valence-corrected chi connectivity index (χ1v) is 11.6. The van der Waals surface area contributed by atoms with Crippen LogP contribution in [0, 0.1) is 5.92 Å². The van der Waals surface area contributed by atoms with E-state index < -0.39 is 6.04 Å². The molecule has 0 fully saturated rings. The molecule has 1 N–H and O–H groups in total. The molecule has 1 atom stereocenters. The lowest BCUT2D eigenvalue weighted by molar-refractivity contribution is -0.141. The van der Waals surface area contributed by atoms with E-state index in [4.69, 9.17) is 34.8 Å². The molecular formula is C24H29Cl3N2O2. The second kappa shape index (κ2) is 12.3. The van der Waals surface area contributed by atoms with Crippen molar-refractivity contribution in [3.63, 3.8) is 0 Å². The monoisotopic (exact) mass is 482 g/mol. The third-order valence-electron chi connectivity index (χ3n) is 4.97. The summed E-state index contributed by atoms with van der Waals surface area (Å²) >= 11 is 18.4. The minimum atomic E-state index is -0.577. The number of hydrogen-bond donors (Lipinski definition) is 1. The lowest BCUT2D eigenvalue weighted by Gasteiger charge is -2.31. The standard InChI is InChI=1S/C24H29Cl3N2O2/c1-4-22(24(31)28-14-16(2)3)29(15-17-9-11-20(26)21(27)13-17)23(30)12-10-18-7-5-6-8-19(18)25/h5-9,11,13,16,22H,4,10,12,14-15H2,1-3H3,(H,28,31)/t22-/m1/s1. The molecule has 0 spiro atoms. The Kier molecular flexibility index (Phi) is 10.1. The van der Waals surface area contributed by atoms with Gasteiger partial charge >= 0.3 is 0 Å². The Hall–Kier alpha value is -1.75. The summed E-state index contributed by atoms with van der Waals surface area (Å²) in [7, 11) is 0. The molecule has 0 unspecified atom stereocenters. The Morgan fingerprint density at radius 3 is 2.32 bits per heavy atom. The fourth-order valence-corrected chi connectivity index (χ4v) is 3.81. The quantitative estimate of drug-likeness (QED) is 0.440. The van der Waals surface area contributed by atoms with Crippen molar-refractivity contribution in [3.8, 4) is 0 Å². The topological polar surface area (TPSA) is 49.4 Å². The largest absolute Gasteiger partial charge is 0.354 e. The molecule has 2 aromatic rings. The minimum Gasteiger partial charge on any atom is -0.354 e. The summed E-state index contributed by atoms with van der Waals surface area (Å²) in [6, 6.07) is 12.1. The predicted octanol–water partition coefficient (Wildman–Crippen LogP) is 6.16. The summed E-state index contributed by atoms with van der Waals surface area (Å²) in [5.41, 5.74) is 1.72. The molecule has 0 aliphatic carbocycles. The molecule has 0 aliphatic heterocycles. The van der Waals surface area contributed by atoms with Crippen LogP contribution in [0.5, 0.6) is 0 Å². The average molecular weight is 484 g/mol. The van der Waals surface area contributed by atoms with Crippen LogP contribution in [-0.4, -0.2) is 29.3 Å². The fraction of sp³-hybridized carbons (Fsp3) is 0.417. The van der Waals surface area contributed by atoms with E-state index in [0.717, 1.165) is 11.1 Å². The van der Waals surface area contributed by atoms with Crippen LogP contribution >= 0.6 is 34.8 Å². The zero-order chi connectivity index (χ0) is 23.0. The van der Waals surface area contributed by atoms with Crippen LogP contribution in [0.25, 0.3) is 0 Å². The zero-order valence-electron chi connectivity index (χ0n) is 18.1. The van der Waals surface area contributed by atoms with Crippen molar-refractivity contribution >= 4 is 46.6 Å². The molecule has 31 heavy (non-hydrogen) atoms. The molecule has 7 heteroatoms. The van der Waals surface area contributed by atoms with Crippen LogP contribution in [0.1, 0.15) is 44.7 Å². The third-order valence-corrected chi connectivity index (χ3v) is 6.08. The Balaban J connectivity index is 2.24. The molecule has 168 valence electrons. The summed E-state index contributed by atoms with van der Waals surface area (Å²) in [5.74, 6) is 0.0563. The molecule has 4 nitrogen and oxygen atoms in total. The van der Waals surface area contributed by atoms with Crippen molar-refractivity contribution in [3.05, 3.63) is 68.7 Å². The Labute approximate surface area is 199 Å². The maximum absolute atomic E-state index is 13.3. The molecule has 0 aliphatic rings. The predicted molar refractivity (Wildman–Crippen MR) is 129 cm³/mol.